The second-order valence-corrected chi connectivity index (χ2v) is 6.75. The van der Waals surface area contributed by atoms with Gasteiger partial charge in [-0.25, -0.2) is 4.68 Å². The molecule has 0 fully saturated rings. The van der Waals surface area contributed by atoms with Crippen molar-refractivity contribution in [1.29, 1.82) is 0 Å². The van der Waals surface area contributed by atoms with Gasteiger partial charge in [0.25, 0.3) is 11.5 Å². The van der Waals surface area contributed by atoms with Crippen LogP contribution in [0.1, 0.15) is 5.69 Å². The van der Waals surface area contributed by atoms with Crippen molar-refractivity contribution < 1.29 is 9.53 Å². The number of carbonyl (C=O) groups is 1. The number of ether oxygens (including phenoxy) is 1. The quantitative estimate of drug-likeness (QED) is 0.568. The van der Waals surface area contributed by atoms with Gasteiger partial charge >= 0.3 is 0 Å². The van der Waals surface area contributed by atoms with Gasteiger partial charge in [-0.3, -0.25) is 14.3 Å². The molecule has 3 aromatic carbocycles. The molecule has 0 spiro atoms. The largest absolute Gasteiger partial charge is 0.483 e. The highest BCUT2D eigenvalue weighted by atomic mass is 16.5. The van der Waals surface area contributed by atoms with E-state index in [0.29, 0.717) is 11.4 Å². The van der Waals surface area contributed by atoms with Crippen molar-refractivity contribution in [2.45, 2.75) is 6.92 Å². The zero-order valence-electron chi connectivity index (χ0n) is 16.3. The van der Waals surface area contributed by atoms with Gasteiger partial charge in [-0.2, -0.15) is 0 Å². The minimum Gasteiger partial charge on any atom is -0.483 e. The normalized spacial score (nSPS) is 10.8. The molecule has 0 bridgehead atoms. The molecule has 1 heterocycles. The number of anilines is 1. The predicted molar refractivity (Wildman–Crippen MR) is 114 cm³/mol. The fourth-order valence-electron chi connectivity index (χ4n) is 3.35. The lowest BCUT2D eigenvalue weighted by molar-refractivity contribution is -0.118. The van der Waals surface area contributed by atoms with Gasteiger partial charge in [0.15, 0.2) is 6.61 Å². The number of fused-ring (bicyclic) bond motifs is 1. The molecule has 0 saturated carbocycles. The van der Waals surface area contributed by atoms with Crippen molar-refractivity contribution in [3.8, 4) is 11.4 Å². The summed E-state index contributed by atoms with van der Waals surface area (Å²) in [6.45, 7) is 1.61. The van der Waals surface area contributed by atoms with E-state index in [1.165, 1.54) is 4.68 Å². The third kappa shape index (κ3) is 3.52. The molecular formula is C23H21N3O3. The second kappa shape index (κ2) is 7.67. The van der Waals surface area contributed by atoms with Crippen LogP contribution in [0.4, 0.5) is 5.69 Å². The number of hydrogen-bond donors (Lipinski definition) is 1. The fraction of sp³-hybridized carbons (Fsp3) is 0.130. The Kier molecular flexibility index (Phi) is 4.91. The zero-order chi connectivity index (χ0) is 20.4. The van der Waals surface area contributed by atoms with Crippen molar-refractivity contribution in [3.05, 3.63) is 88.8 Å². The van der Waals surface area contributed by atoms with Gasteiger partial charge in [0, 0.05) is 12.4 Å². The lowest BCUT2D eigenvalue weighted by Gasteiger charge is -2.09. The van der Waals surface area contributed by atoms with Gasteiger partial charge in [0.2, 0.25) is 0 Å². The standard InChI is InChI=1S/C23H21N3O3/c1-16-22(23(28)26(25(16)2)18-11-4-3-5-12-18)24-21(27)15-29-20-14-8-10-17-9-6-7-13-19(17)20/h3-14H,15H2,1-2H3,(H,24,27). The van der Waals surface area contributed by atoms with E-state index in [2.05, 4.69) is 5.32 Å². The zero-order valence-corrected chi connectivity index (χ0v) is 16.3. The fourth-order valence-corrected chi connectivity index (χ4v) is 3.35. The summed E-state index contributed by atoms with van der Waals surface area (Å²) in [5, 5.41) is 4.68. The lowest BCUT2D eigenvalue weighted by atomic mass is 10.1. The maximum Gasteiger partial charge on any atom is 0.295 e. The summed E-state index contributed by atoms with van der Waals surface area (Å²) < 4.78 is 8.97. The summed E-state index contributed by atoms with van der Waals surface area (Å²) in [5.74, 6) is 0.244. The number of hydrogen-bond acceptors (Lipinski definition) is 3. The summed E-state index contributed by atoms with van der Waals surface area (Å²) in [4.78, 5) is 25.4. The van der Waals surface area contributed by atoms with E-state index in [-0.39, 0.29) is 23.8 Å². The summed E-state index contributed by atoms with van der Waals surface area (Å²) in [6.07, 6.45) is 0. The Morgan fingerprint density at radius 2 is 1.66 bits per heavy atom. The van der Waals surface area contributed by atoms with Crippen LogP contribution in [-0.4, -0.2) is 21.9 Å². The number of aromatic nitrogens is 2. The molecule has 146 valence electrons. The molecule has 4 rings (SSSR count). The summed E-state index contributed by atoms with van der Waals surface area (Å²) in [5.41, 5.74) is 1.37. The number of para-hydroxylation sites is 1. The Bertz CT molecular complexity index is 1230. The first-order chi connectivity index (χ1) is 14.1. The van der Waals surface area contributed by atoms with Gasteiger partial charge < -0.3 is 10.1 Å². The van der Waals surface area contributed by atoms with E-state index >= 15 is 0 Å². The van der Waals surface area contributed by atoms with Crippen LogP contribution in [0.3, 0.4) is 0 Å². The minimum absolute atomic E-state index is 0.187. The molecule has 1 aromatic heterocycles. The lowest BCUT2D eigenvalue weighted by Crippen LogP contribution is -2.25. The molecular weight excluding hydrogens is 366 g/mol. The van der Waals surface area contributed by atoms with E-state index in [0.717, 1.165) is 16.5 Å². The molecule has 0 saturated heterocycles. The molecule has 0 aliphatic heterocycles. The Balaban J connectivity index is 1.54. The van der Waals surface area contributed by atoms with Crippen LogP contribution in [0.15, 0.2) is 77.6 Å². The number of benzene rings is 3. The number of carbonyl (C=O) groups excluding carboxylic acids is 1. The van der Waals surface area contributed by atoms with E-state index in [1.807, 2.05) is 72.8 Å². The molecule has 4 aromatic rings. The maximum atomic E-state index is 12.9. The average molecular weight is 387 g/mol. The smallest absolute Gasteiger partial charge is 0.295 e. The van der Waals surface area contributed by atoms with Crippen molar-refractivity contribution in [1.82, 2.24) is 9.36 Å². The van der Waals surface area contributed by atoms with Gasteiger partial charge in [0.05, 0.1) is 11.4 Å². The summed E-state index contributed by atoms with van der Waals surface area (Å²) in [7, 11) is 1.78. The highest BCUT2D eigenvalue weighted by Gasteiger charge is 2.18. The van der Waals surface area contributed by atoms with Crippen molar-refractivity contribution >= 4 is 22.4 Å². The average Bonchev–Trinajstić information content (AvgIpc) is 2.96. The maximum absolute atomic E-state index is 12.9. The first-order valence-electron chi connectivity index (χ1n) is 9.30. The van der Waals surface area contributed by atoms with Crippen LogP contribution < -0.4 is 15.6 Å². The van der Waals surface area contributed by atoms with Crippen LogP contribution in [0.25, 0.3) is 16.5 Å². The van der Waals surface area contributed by atoms with Gasteiger partial charge in [-0.05, 0) is 30.5 Å². The van der Waals surface area contributed by atoms with Gasteiger partial charge in [-0.15, -0.1) is 0 Å². The molecule has 1 amide bonds. The van der Waals surface area contributed by atoms with Crippen molar-refractivity contribution in [2.24, 2.45) is 7.05 Å². The molecule has 0 radical (unpaired) electrons. The first-order valence-corrected chi connectivity index (χ1v) is 9.30. The monoisotopic (exact) mass is 387 g/mol. The van der Waals surface area contributed by atoms with E-state index in [1.54, 1.807) is 18.7 Å². The Morgan fingerprint density at radius 3 is 2.45 bits per heavy atom. The molecule has 29 heavy (non-hydrogen) atoms. The minimum atomic E-state index is -0.385. The third-order valence-corrected chi connectivity index (χ3v) is 4.93. The summed E-state index contributed by atoms with van der Waals surface area (Å²) in [6, 6.07) is 22.8. The van der Waals surface area contributed by atoms with Crippen molar-refractivity contribution in [2.75, 3.05) is 11.9 Å². The number of nitrogens with one attached hydrogen (secondary N) is 1. The molecule has 0 aliphatic carbocycles. The van der Waals surface area contributed by atoms with Crippen LogP contribution in [0.5, 0.6) is 5.75 Å². The molecule has 1 N–H and O–H groups in total. The van der Waals surface area contributed by atoms with Crippen LogP contribution >= 0.6 is 0 Å². The number of amides is 1. The SMILES string of the molecule is Cc1c(NC(=O)COc2cccc3ccccc23)c(=O)n(-c2ccccc2)n1C. The highest BCUT2D eigenvalue weighted by Crippen LogP contribution is 2.25. The van der Waals surface area contributed by atoms with Crippen LogP contribution in [0, 0.1) is 6.92 Å². The molecule has 0 unspecified atom stereocenters. The summed E-state index contributed by atoms with van der Waals surface area (Å²) >= 11 is 0. The highest BCUT2D eigenvalue weighted by molar-refractivity contribution is 5.93. The van der Waals surface area contributed by atoms with Crippen molar-refractivity contribution in [3.63, 3.8) is 0 Å². The molecule has 0 atom stereocenters. The van der Waals surface area contributed by atoms with E-state index in [4.69, 9.17) is 4.74 Å². The Hall–Kier alpha value is -3.80. The molecule has 6 heteroatoms. The van der Waals surface area contributed by atoms with Gasteiger partial charge in [-0.1, -0.05) is 54.6 Å². The Morgan fingerprint density at radius 1 is 0.966 bits per heavy atom. The molecule has 0 aliphatic rings. The second-order valence-electron chi connectivity index (χ2n) is 6.75. The Labute approximate surface area is 167 Å². The first kappa shape index (κ1) is 18.6. The topological polar surface area (TPSA) is 65.3 Å². The van der Waals surface area contributed by atoms with Crippen LogP contribution in [0.2, 0.25) is 0 Å². The van der Waals surface area contributed by atoms with E-state index in [9.17, 15) is 9.59 Å². The molecule has 6 nitrogen and oxygen atoms in total. The third-order valence-electron chi connectivity index (χ3n) is 4.93. The number of nitrogens with zero attached hydrogens (tertiary/aromatic N) is 2. The number of rotatable bonds is 5. The van der Waals surface area contributed by atoms with Crippen LogP contribution in [-0.2, 0) is 11.8 Å². The van der Waals surface area contributed by atoms with E-state index < -0.39 is 0 Å². The predicted octanol–water partition coefficient (Wildman–Crippen LogP) is 3.66. The van der Waals surface area contributed by atoms with Gasteiger partial charge in [0.1, 0.15) is 11.4 Å².